The lowest BCUT2D eigenvalue weighted by Gasteiger charge is -2.28. The van der Waals surface area contributed by atoms with Crippen molar-refractivity contribution in [2.75, 3.05) is 19.8 Å². The molecule has 126 valence electrons. The van der Waals surface area contributed by atoms with Gasteiger partial charge in [0.2, 0.25) is 0 Å². The van der Waals surface area contributed by atoms with Gasteiger partial charge < -0.3 is 14.4 Å². The molecule has 23 heavy (non-hydrogen) atoms. The van der Waals surface area contributed by atoms with E-state index in [1.165, 1.54) is 0 Å². The molecule has 0 aliphatic carbocycles. The Bertz CT molecular complexity index is 545. The Hall–Kier alpha value is -1.10. The minimum Gasteiger partial charge on any atom is -0.376 e. The molecule has 2 saturated heterocycles. The number of rotatable bonds is 5. The van der Waals surface area contributed by atoms with Crippen molar-refractivity contribution in [2.45, 2.75) is 50.9 Å². The standard InChI is InChI=1S/C18H24ClNO3/c1-13(23-12-16-7-4-10-22-16)18(21)20-9-3-8-17(20)14-5-2-6-15(19)11-14/h2,5-6,11,13,16-17H,3-4,7-10,12H2,1H3/t13-,16-,17+/m0/s1. The van der Waals surface area contributed by atoms with E-state index in [-0.39, 0.29) is 18.1 Å². The van der Waals surface area contributed by atoms with E-state index >= 15 is 0 Å². The van der Waals surface area contributed by atoms with Gasteiger partial charge in [0.1, 0.15) is 6.10 Å². The molecule has 2 aliphatic rings. The number of likely N-dealkylation sites (tertiary alicyclic amines) is 1. The fourth-order valence-corrected chi connectivity index (χ4v) is 3.62. The average Bonchev–Trinajstić information content (AvgIpc) is 3.23. The topological polar surface area (TPSA) is 38.8 Å². The molecule has 0 radical (unpaired) electrons. The second kappa shape index (κ2) is 7.65. The highest BCUT2D eigenvalue weighted by Crippen LogP contribution is 2.33. The van der Waals surface area contributed by atoms with Gasteiger partial charge in [-0.2, -0.15) is 0 Å². The van der Waals surface area contributed by atoms with E-state index < -0.39 is 6.10 Å². The van der Waals surface area contributed by atoms with Crippen molar-refractivity contribution in [3.05, 3.63) is 34.9 Å². The van der Waals surface area contributed by atoms with Gasteiger partial charge in [0, 0.05) is 18.2 Å². The number of hydrogen-bond donors (Lipinski definition) is 0. The predicted molar refractivity (Wildman–Crippen MR) is 89.5 cm³/mol. The maximum atomic E-state index is 12.7. The van der Waals surface area contributed by atoms with Crippen LogP contribution in [0.3, 0.4) is 0 Å². The first kappa shape index (κ1) is 16.7. The van der Waals surface area contributed by atoms with Gasteiger partial charge in [-0.15, -0.1) is 0 Å². The summed E-state index contributed by atoms with van der Waals surface area (Å²) in [5.74, 6) is 0.0606. The first-order valence-electron chi connectivity index (χ1n) is 8.44. The molecule has 2 aliphatic heterocycles. The molecule has 4 nitrogen and oxygen atoms in total. The third-order valence-corrected chi connectivity index (χ3v) is 4.91. The first-order valence-corrected chi connectivity index (χ1v) is 8.82. The summed E-state index contributed by atoms with van der Waals surface area (Å²) in [5.41, 5.74) is 1.11. The van der Waals surface area contributed by atoms with Crippen molar-refractivity contribution in [1.82, 2.24) is 4.90 Å². The van der Waals surface area contributed by atoms with Gasteiger partial charge >= 0.3 is 0 Å². The van der Waals surface area contributed by atoms with Gasteiger partial charge in [0.15, 0.2) is 0 Å². The zero-order chi connectivity index (χ0) is 16.2. The largest absolute Gasteiger partial charge is 0.376 e. The van der Waals surface area contributed by atoms with Gasteiger partial charge in [-0.1, -0.05) is 23.7 Å². The number of amides is 1. The Balaban J connectivity index is 1.60. The van der Waals surface area contributed by atoms with Crippen molar-refractivity contribution in [3.8, 4) is 0 Å². The highest BCUT2D eigenvalue weighted by atomic mass is 35.5. The third-order valence-electron chi connectivity index (χ3n) is 4.67. The molecule has 1 amide bonds. The lowest BCUT2D eigenvalue weighted by Crippen LogP contribution is -2.39. The van der Waals surface area contributed by atoms with Crippen LogP contribution in [0.1, 0.15) is 44.2 Å². The molecule has 5 heteroatoms. The minimum atomic E-state index is -0.431. The lowest BCUT2D eigenvalue weighted by atomic mass is 10.0. The molecule has 0 bridgehead atoms. The van der Waals surface area contributed by atoms with Crippen LogP contribution in [0.2, 0.25) is 5.02 Å². The number of carbonyl (C=O) groups is 1. The SMILES string of the molecule is C[C@H](OC[C@@H]1CCCO1)C(=O)N1CCC[C@@H]1c1cccc(Cl)c1. The normalized spacial score (nSPS) is 25.7. The molecular formula is C18H24ClNO3. The van der Waals surface area contributed by atoms with Crippen LogP contribution in [0.25, 0.3) is 0 Å². The molecule has 1 aromatic rings. The number of hydrogen-bond acceptors (Lipinski definition) is 3. The second-order valence-corrected chi connectivity index (χ2v) is 6.79. The van der Waals surface area contributed by atoms with Crippen LogP contribution < -0.4 is 0 Å². The molecule has 0 aromatic heterocycles. The maximum absolute atomic E-state index is 12.7. The molecule has 3 rings (SSSR count). The van der Waals surface area contributed by atoms with Crippen molar-refractivity contribution >= 4 is 17.5 Å². The monoisotopic (exact) mass is 337 g/mol. The number of carbonyl (C=O) groups excluding carboxylic acids is 1. The summed E-state index contributed by atoms with van der Waals surface area (Å²) in [7, 11) is 0. The smallest absolute Gasteiger partial charge is 0.251 e. The molecule has 0 saturated carbocycles. The lowest BCUT2D eigenvalue weighted by molar-refractivity contribution is -0.145. The highest BCUT2D eigenvalue weighted by molar-refractivity contribution is 6.30. The van der Waals surface area contributed by atoms with E-state index in [4.69, 9.17) is 21.1 Å². The number of benzene rings is 1. The fraction of sp³-hybridized carbons (Fsp3) is 0.611. The summed E-state index contributed by atoms with van der Waals surface area (Å²) in [6, 6.07) is 7.90. The fourth-order valence-electron chi connectivity index (χ4n) is 3.42. The van der Waals surface area contributed by atoms with Gasteiger partial charge in [-0.25, -0.2) is 0 Å². The van der Waals surface area contributed by atoms with E-state index in [9.17, 15) is 4.79 Å². The van der Waals surface area contributed by atoms with Crippen LogP contribution in [0.4, 0.5) is 0 Å². The predicted octanol–water partition coefficient (Wildman–Crippen LogP) is 3.59. The van der Waals surface area contributed by atoms with E-state index in [1.807, 2.05) is 36.1 Å². The second-order valence-electron chi connectivity index (χ2n) is 6.36. The minimum absolute atomic E-state index is 0.0606. The molecule has 2 fully saturated rings. The van der Waals surface area contributed by atoms with Gasteiger partial charge in [0.05, 0.1) is 18.8 Å². The van der Waals surface area contributed by atoms with Gasteiger partial charge in [-0.05, 0) is 50.3 Å². The number of halogens is 1. The Morgan fingerprint density at radius 2 is 2.30 bits per heavy atom. The quantitative estimate of drug-likeness (QED) is 0.824. The Kier molecular flexibility index (Phi) is 5.57. The van der Waals surface area contributed by atoms with Crippen molar-refractivity contribution < 1.29 is 14.3 Å². The Morgan fingerprint density at radius 3 is 3.04 bits per heavy atom. The molecule has 0 N–H and O–H groups in total. The zero-order valence-corrected chi connectivity index (χ0v) is 14.3. The zero-order valence-electron chi connectivity index (χ0n) is 13.5. The number of ether oxygens (including phenoxy) is 2. The molecule has 1 aromatic carbocycles. The summed E-state index contributed by atoms with van der Waals surface area (Å²) in [6.45, 7) is 3.93. The Morgan fingerprint density at radius 1 is 1.43 bits per heavy atom. The average molecular weight is 338 g/mol. The van der Waals surface area contributed by atoms with Crippen LogP contribution in [0.5, 0.6) is 0 Å². The molecule has 2 heterocycles. The van der Waals surface area contributed by atoms with Crippen LogP contribution in [0.15, 0.2) is 24.3 Å². The van der Waals surface area contributed by atoms with Gasteiger partial charge in [0.25, 0.3) is 5.91 Å². The molecule has 0 unspecified atom stereocenters. The highest BCUT2D eigenvalue weighted by Gasteiger charge is 2.33. The summed E-state index contributed by atoms with van der Waals surface area (Å²) in [4.78, 5) is 14.7. The van der Waals surface area contributed by atoms with E-state index in [0.717, 1.165) is 44.4 Å². The van der Waals surface area contributed by atoms with Crippen molar-refractivity contribution in [3.63, 3.8) is 0 Å². The van der Waals surface area contributed by atoms with E-state index in [1.54, 1.807) is 0 Å². The summed E-state index contributed by atoms with van der Waals surface area (Å²) in [6.07, 6.45) is 3.81. The first-order chi connectivity index (χ1) is 11.1. The van der Waals surface area contributed by atoms with Crippen LogP contribution >= 0.6 is 11.6 Å². The summed E-state index contributed by atoms with van der Waals surface area (Å²) < 4.78 is 11.3. The van der Waals surface area contributed by atoms with Crippen LogP contribution in [-0.2, 0) is 14.3 Å². The van der Waals surface area contributed by atoms with Gasteiger partial charge in [-0.3, -0.25) is 4.79 Å². The molecule has 3 atom stereocenters. The summed E-state index contributed by atoms with van der Waals surface area (Å²) in [5, 5.41) is 0.712. The van der Waals surface area contributed by atoms with Crippen LogP contribution in [-0.4, -0.2) is 42.8 Å². The van der Waals surface area contributed by atoms with Crippen LogP contribution in [0, 0.1) is 0 Å². The summed E-state index contributed by atoms with van der Waals surface area (Å²) >= 11 is 6.09. The Labute approximate surface area is 142 Å². The van der Waals surface area contributed by atoms with Crippen molar-refractivity contribution in [1.29, 1.82) is 0 Å². The van der Waals surface area contributed by atoms with E-state index in [2.05, 4.69) is 0 Å². The van der Waals surface area contributed by atoms with E-state index in [0.29, 0.717) is 11.6 Å². The maximum Gasteiger partial charge on any atom is 0.251 e. The third kappa shape index (κ3) is 4.06. The number of nitrogens with zero attached hydrogens (tertiary/aromatic N) is 1. The molecule has 0 spiro atoms. The van der Waals surface area contributed by atoms with Crippen molar-refractivity contribution in [2.24, 2.45) is 0 Å². The molecular weight excluding hydrogens is 314 g/mol.